The first-order chi connectivity index (χ1) is 10.5. The minimum Gasteiger partial charge on any atom is -0.481 e. The third kappa shape index (κ3) is 10.4. The van der Waals surface area contributed by atoms with Gasteiger partial charge in [0, 0.05) is 12.3 Å². The molecule has 0 aliphatic carbocycles. The zero-order chi connectivity index (χ0) is 16.8. The van der Waals surface area contributed by atoms with Crippen molar-refractivity contribution >= 4 is 11.8 Å². The van der Waals surface area contributed by atoms with E-state index in [-0.39, 0.29) is 24.0 Å². The van der Waals surface area contributed by atoms with E-state index >= 15 is 0 Å². The van der Waals surface area contributed by atoms with Gasteiger partial charge in [-0.2, -0.15) is 0 Å². The maximum absolute atomic E-state index is 11.8. The predicted octanol–water partition coefficient (Wildman–Crippen LogP) is 5.17. The number of carbonyl (C=O) groups excluding carboxylic acids is 1. The minimum atomic E-state index is -0.712. The summed E-state index contributed by atoms with van der Waals surface area (Å²) in [4.78, 5) is 22.3. The Kier molecular flexibility index (Phi) is 12.5. The molecule has 0 heterocycles. The quantitative estimate of drug-likeness (QED) is 0.356. The number of hydrogen-bond donors (Lipinski definition) is 1. The monoisotopic (exact) mass is 308 g/mol. The second kappa shape index (κ2) is 13.3. The van der Waals surface area contributed by atoms with E-state index in [4.69, 9.17) is 5.11 Å². The molecule has 0 saturated heterocycles. The first kappa shape index (κ1) is 20.6. The van der Waals surface area contributed by atoms with Crippen LogP contribution in [0.5, 0.6) is 0 Å². The fraction of sp³-hybridized carbons (Fsp3) is 0.684. The van der Waals surface area contributed by atoms with Crippen LogP contribution in [-0.4, -0.2) is 16.9 Å². The van der Waals surface area contributed by atoms with Crippen LogP contribution in [0.15, 0.2) is 24.8 Å². The number of carboxylic acids is 1. The molecule has 0 amide bonds. The van der Waals surface area contributed by atoms with Crippen LogP contribution in [0, 0.1) is 11.8 Å². The van der Waals surface area contributed by atoms with E-state index < -0.39 is 5.97 Å². The molecule has 0 unspecified atom stereocenters. The highest BCUT2D eigenvalue weighted by atomic mass is 16.4. The lowest BCUT2D eigenvalue weighted by Crippen LogP contribution is -2.20. The summed E-state index contributed by atoms with van der Waals surface area (Å²) in [5.74, 6) is -0.173. The molecule has 0 bridgehead atoms. The molecule has 0 fully saturated rings. The van der Waals surface area contributed by atoms with Gasteiger partial charge in [-0.25, -0.2) is 0 Å². The highest BCUT2D eigenvalue weighted by Crippen LogP contribution is 2.25. The number of rotatable bonds is 14. The minimum absolute atomic E-state index is 0.0484. The zero-order valence-corrected chi connectivity index (χ0v) is 14.2. The van der Waals surface area contributed by atoms with E-state index in [0.29, 0.717) is 0 Å². The van der Waals surface area contributed by atoms with Gasteiger partial charge in [-0.3, -0.25) is 9.59 Å². The van der Waals surface area contributed by atoms with E-state index in [1.54, 1.807) is 6.92 Å². The number of carboxylic acid groups (broad SMARTS) is 1. The van der Waals surface area contributed by atoms with Gasteiger partial charge in [0.1, 0.15) is 5.78 Å². The smallest absolute Gasteiger partial charge is 0.303 e. The Bertz CT molecular complexity index is 358. The van der Waals surface area contributed by atoms with Gasteiger partial charge >= 0.3 is 5.97 Å². The van der Waals surface area contributed by atoms with Crippen molar-refractivity contribution in [3.8, 4) is 0 Å². The summed E-state index contributed by atoms with van der Waals surface area (Å²) in [6.45, 7) is 7.66. The lowest BCUT2D eigenvalue weighted by atomic mass is 9.83. The summed E-state index contributed by atoms with van der Waals surface area (Å²) >= 11 is 0. The number of hydrogen-bond acceptors (Lipinski definition) is 2. The molecular weight excluding hydrogens is 276 g/mol. The average Bonchev–Trinajstić information content (AvgIpc) is 2.47. The van der Waals surface area contributed by atoms with E-state index in [0.717, 1.165) is 51.4 Å². The van der Waals surface area contributed by atoms with Crippen molar-refractivity contribution in [3.63, 3.8) is 0 Å². The number of carbonyl (C=O) groups is 2. The molecule has 3 nitrogen and oxygen atoms in total. The summed E-state index contributed by atoms with van der Waals surface area (Å²) in [5.41, 5.74) is 0. The van der Waals surface area contributed by atoms with Crippen molar-refractivity contribution in [2.75, 3.05) is 0 Å². The third-order valence-corrected chi connectivity index (χ3v) is 4.06. The molecule has 0 radical (unpaired) electrons. The van der Waals surface area contributed by atoms with Gasteiger partial charge in [-0.1, -0.05) is 50.8 Å². The van der Waals surface area contributed by atoms with E-state index in [1.807, 2.05) is 6.08 Å². The first-order valence-electron chi connectivity index (χ1n) is 8.52. The van der Waals surface area contributed by atoms with E-state index in [9.17, 15) is 9.59 Å². The molecule has 22 heavy (non-hydrogen) atoms. The van der Waals surface area contributed by atoms with Gasteiger partial charge < -0.3 is 5.11 Å². The number of unbranched alkanes of at least 4 members (excludes halogenated alkanes) is 4. The highest BCUT2D eigenvalue weighted by Gasteiger charge is 2.21. The molecule has 0 aliphatic heterocycles. The van der Waals surface area contributed by atoms with Crippen molar-refractivity contribution < 1.29 is 14.7 Å². The summed E-state index contributed by atoms with van der Waals surface area (Å²) in [7, 11) is 0. The third-order valence-electron chi connectivity index (χ3n) is 4.06. The number of Topliss-reactive ketones (excluding diaryl/α,β-unsaturated/α-hetero) is 1. The summed E-state index contributed by atoms with van der Waals surface area (Å²) < 4.78 is 0. The van der Waals surface area contributed by atoms with Crippen LogP contribution in [0.1, 0.15) is 71.6 Å². The summed E-state index contributed by atoms with van der Waals surface area (Å²) in [6, 6.07) is 0. The predicted molar refractivity (Wildman–Crippen MR) is 91.9 cm³/mol. The Hall–Kier alpha value is -1.38. The first-order valence-corrected chi connectivity index (χ1v) is 8.52. The Morgan fingerprint density at radius 1 is 1.09 bits per heavy atom. The topological polar surface area (TPSA) is 54.4 Å². The normalized spacial score (nSPS) is 13.9. The Labute approximate surface area is 135 Å². The van der Waals surface area contributed by atoms with Crippen molar-refractivity contribution in [2.24, 2.45) is 11.8 Å². The second-order valence-electron chi connectivity index (χ2n) is 5.93. The Morgan fingerprint density at radius 3 is 2.27 bits per heavy atom. The SMILES string of the molecule is C=C[C@H](CCCCCCCC(=O)O)[C@H](C/C=C\CC)C(C)=O. The van der Waals surface area contributed by atoms with Gasteiger partial charge in [-0.05, 0) is 38.5 Å². The molecule has 0 saturated carbocycles. The molecule has 1 N–H and O–H groups in total. The highest BCUT2D eigenvalue weighted by molar-refractivity contribution is 5.79. The van der Waals surface area contributed by atoms with Crippen LogP contribution in [0.4, 0.5) is 0 Å². The average molecular weight is 308 g/mol. The van der Waals surface area contributed by atoms with Crippen LogP contribution in [-0.2, 0) is 9.59 Å². The van der Waals surface area contributed by atoms with Gasteiger partial charge in [0.15, 0.2) is 0 Å². The Morgan fingerprint density at radius 2 is 1.73 bits per heavy atom. The lowest BCUT2D eigenvalue weighted by molar-refractivity contribution is -0.137. The molecular formula is C19H32O3. The molecule has 0 aromatic carbocycles. The van der Waals surface area contributed by atoms with Gasteiger partial charge in [0.25, 0.3) is 0 Å². The molecule has 2 atom stereocenters. The fourth-order valence-corrected chi connectivity index (χ4v) is 2.72. The van der Waals surface area contributed by atoms with Gasteiger partial charge in [-0.15, -0.1) is 6.58 Å². The zero-order valence-electron chi connectivity index (χ0n) is 14.2. The van der Waals surface area contributed by atoms with Crippen molar-refractivity contribution in [1.29, 1.82) is 0 Å². The van der Waals surface area contributed by atoms with Crippen LogP contribution in [0.2, 0.25) is 0 Å². The standard InChI is InChI=1S/C19H32O3/c1-4-6-10-14-18(16(3)20)17(5-2)13-11-8-7-9-12-15-19(21)22/h5-6,10,17-18H,2,4,7-9,11-15H2,1,3H3,(H,21,22)/b10-6-/t17-,18-/m1/s1. The fourth-order valence-electron chi connectivity index (χ4n) is 2.72. The maximum Gasteiger partial charge on any atom is 0.303 e. The van der Waals surface area contributed by atoms with Crippen LogP contribution in [0.3, 0.4) is 0 Å². The lowest BCUT2D eigenvalue weighted by Gasteiger charge is -2.21. The molecule has 0 aliphatic rings. The van der Waals surface area contributed by atoms with Crippen LogP contribution >= 0.6 is 0 Å². The van der Waals surface area contributed by atoms with Crippen LogP contribution in [0.25, 0.3) is 0 Å². The molecule has 0 aromatic heterocycles. The van der Waals surface area contributed by atoms with Crippen molar-refractivity contribution in [2.45, 2.75) is 71.6 Å². The molecule has 0 rings (SSSR count). The second-order valence-corrected chi connectivity index (χ2v) is 5.93. The Balaban J connectivity index is 4.05. The number of ketones is 1. The van der Waals surface area contributed by atoms with Gasteiger partial charge in [0.2, 0.25) is 0 Å². The van der Waals surface area contributed by atoms with Crippen LogP contribution < -0.4 is 0 Å². The molecule has 0 aromatic rings. The van der Waals surface area contributed by atoms with Crippen molar-refractivity contribution in [1.82, 2.24) is 0 Å². The number of allylic oxidation sites excluding steroid dienone is 3. The largest absolute Gasteiger partial charge is 0.481 e. The molecule has 3 heteroatoms. The molecule has 0 spiro atoms. The van der Waals surface area contributed by atoms with E-state index in [1.165, 1.54) is 0 Å². The number of aliphatic carboxylic acids is 1. The molecule has 126 valence electrons. The van der Waals surface area contributed by atoms with Gasteiger partial charge in [0.05, 0.1) is 0 Å². The summed E-state index contributed by atoms with van der Waals surface area (Å²) in [5, 5.41) is 8.57. The van der Waals surface area contributed by atoms with Crippen molar-refractivity contribution in [3.05, 3.63) is 24.8 Å². The van der Waals surface area contributed by atoms with E-state index in [2.05, 4.69) is 25.7 Å². The summed E-state index contributed by atoms with van der Waals surface area (Å²) in [6.07, 6.45) is 14.2. The maximum atomic E-state index is 11.8.